The Balaban J connectivity index is 1.40. The molecule has 0 aliphatic heterocycles. The first kappa shape index (κ1) is 16.2. The molecule has 0 radical (unpaired) electrons. The SMILES string of the molecule is O=C(Nc1onc2c1CCCC2)C1(c2cc(-c3ccccc3F)on2)CC1. The standard InChI is InChI=1S/C20H18FN3O3/c21-14-7-3-1-5-12(14)16-11-17(24-26-16)20(9-10-20)19(25)22-18-13-6-2-4-8-15(13)23-27-18/h1,3,5,7,11H,2,4,6,8-10H2,(H,22,25). The Hall–Kier alpha value is -2.96. The van der Waals surface area contributed by atoms with Gasteiger partial charge in [0.05, 0.1) is 22.4 Å². The number of benzene rings is 1. The zero-order valence-electron chi connectivity index (χ0n) is 14.6. The molecule has 138 valence electrons. The van der Waals surface area contributed by atoms with Crippen LogP contribution in [-0.4, -0.2) is 16.2 Å². The second-order valence-electron chi connectivity index (χ2n) is 7.24. The number of carbonyl (C=O) groups excluding carboxylic acids is 1. The van der Waals surface area contributed by atoms with E-state index < -0.39 is 5.41 Å². The van der Waals surface area contributed by atoms with E-state index in [1.807, 2.05) is 0 Å². The molecule has 0 saturated heterocycles. The van der Waals surface area contributed by atoms with Crippen LogP contribution in [0.25, 0.3) is 11.3 Å². The molecule has 7 heteroatoms. The van der Waals surface area contributed by atoms with E-state index in [1.54, 1.807) is 24.3 Å². The second-order valence-corrected chi connectivity index (χ2v) is 7.24. The molecule has 3 aromatic rings. The summed E-state index contributed by atoms with van der Waals surface area (Å²) in [5.74, 6) is 0.196. The van der Waals surface area contributed by atoms with Crippen LogP contribution in [0.2, 0.25) is 0 Å². The Morgan fingerprint density at radius 1 is 1.11 bits per heavy atom. The van der Waals surface area contributed by atoms with Crippen LogP contribution in [0.1, 0.15) is 42.6 Å². The molecule has 1 fully saturated rings. The summed E-state index contributed by atoms with van der Waals surface area (Å²) in [6.45, 7) is 0. The quantitative estimate of drug-likeness (QED) is 0.753. The Morgan fingerprint density at radius 2 is 1.93 bits per heavy atom. The fourth-order valence-corrected chi connectivity index (χ4v) is 3.72. The summed E-state index contributed by atoms with van der Waals surface area (Å²) >= 11 is 0. The summed E-state index contributed by atoms with van der Waals surface area (Å²) in [5, 5.41) is 11.0. The summed E-state index contributed by atoms with van der Waals surface area (Å²) in [5.41, 5.74) is 2.03. The highest BCUT2D eigenvalue weighted by Gasteiger charge is 2.54. The topological polar surface area (TPSA) is 81.2 Å². The predicted octanol–water partition coefficient (Wildman–Crippen LogP) is 4.02. The van der Waals surface area contributed by atoms with Crippen molar-refractivity contribution in [1.29, 1.82) is 0 Å². The monoisotopic (exact) mass is 367 g/mol. The molecule has 2 aromatic heterocycles. The predicted molar refractivity (Wildman–Crippen MR) is 94.6 cm³/mol. The highest BCUT2D eigenvalue weighted by molar-refractivity contribution is 6.00. The number of aromatic nitrogens is 2. The molecule has 27 heavy (non-hydrogen) atoms. The largest absolute Gasteiger partial charge is 0.356 e. The molecule has 1 saturated carbocycles. The number of hydrogen-bond donors (Lipinski definition) is 1. The molecule has 5 rings (SSSR count). The van der Waals surface area contributed by atoms with E-state index in [2.05, 4.69) is 15.6 Å². The van der Waals surface area contributed by atoms with Gasteiger partial charge in [-0.15, -0.1) is 0 Å². The van der Waals surface area contributed by atoms with E-state index in [4.69, 9.17) is 9.05 Å². The Kier molecular flexibility index (Phi) is 3.63. The van der Waals surface area contributed by atoms with Crippen molar-refractivity contribution in [2.45, 2.75) is 43.9 Å². The minimum Gasteiger partial charge on any atom is -0.356 e. The molecule has 2 heterocycles. The smallest absolute Gasteiger partial charge is 0.239 e. The van der Waals surface area contributed by atoms with Crippen LogP contribution in [0, 0.1) is 5.82 Å². The molecule has 6 nitrogen and oxygen atoms in total. The van der Waals surface area contributed by atoms with Crippen LogP contribution >= 0.6 is 0 Å². The van der Waals surface area contributed by atoms with Gasteiger partial charge in [-0.05, 0) is 50.7 Å². The first-order valence-corrected chi connectivity index (χ1v) is 9.18. The number of anilines is 1. The van der Waals surface area contributed by atoms with Crippen molar-refractivity contribution in [1.82, 2.24) is 10.3 Å². The van der Waals surface area contributed by atoms with E-state index >= 15 is 0 Å². The van der Waals surface area contributed by atoms with Crippen molar-refractivity contribution in [2.24, 2.45) is 0 Å². The van der Waals surface area contributed by atoms with E-state index in [0.29, 0.717) is 35.7 Å². The van der Waals surface area contributed by atoms with Crippen molar-refractivity contribution in [2.75, 3.05) is 5.32 Å². The van der Waals surface area contributed by atoms with Gasteiger partial charge in [0.2, 0.25) is 11.8 Å². The van der Waals surface area contributed by atoms with Crippen LogP contribution in [0.5, 0.6) is 0 Å². The fourth-order valence-electron chi connectivity index (χ4n) is 3.72. The molecule has 0 spiro atoms. The number of carbonyl (C=O) groups is 1. The van der Waals surface area contributed by atoms with Gasteiger partial charge >= 0.3 is 0 Å². The molecular formula is C20H18FN3O3. The van der Waals surface area contributed by atoms with Crippen molar-refractivity contribution < 1.29 is 18.2 Å². The average Bonchev–Trinajstić information content (AvgIpc) is 3.18. The van der Waals surface area contributed by atoms with Gasteiger partial charge in [-0.2, -0.15) is 0 Å². The number of nitrogens with zero attached hydrogens (tertiary/aromatic N) is 2. The summed E-state index contributed by atoms with van der Waals surface area (Å²) in [7, 11) is 0. The first-order valence-electron chi connectivity index (χ1n) is 9.18. The number of aryl methyl sites for hydroxylation is 1. The van der Waals surface area contributed by atoms with E-state index in [0.717, 1.165) is 36.9 Å². The van der Waals surface area contributed by atoms with Gasteiger partial charge in [0.15, 0.2) is 5.76 Å². The zero-order chi connectivity index (χ0) is 18.4. The molecule has 2 aliphatic rings. The molecule has 1 aromatic carbocycles. The van der Waals surface area contributed by atoms with Gasteiger partial charge in [0, 0.05) is 11.6 Å². The normalized spacial score (nSPS) is 17.4. The van der Waals surface area contributed by atoms with Gasteiger partial charge in [0.1, 0.15) is 5.82 Å². The van der Waals surface area contributed by atoms with Crippen molar-refractivity contribution >= 4 is 11.8 Å². The van der Waals surface area contributed by atoms with Gasteiger partial charge in [-0.3, -0.25) is 10.1 Å². The summed E-state index contributed by atoms with van der Waals surface area (Å²) in [6.07, 6.45) is 5.24. The van der Waals surface area contributed by atoms with Crippen molar-refractivity contribution in [3.8, 4) is 11.3 Å². The third-order valence-corrected chi connectivity index (χ3v) is 5.51. The van der Waals surface area contributed by atoms with Gasteiger partial charge in [-0.25, -0.2) is 4.39 Å². The Labute approximate surface area is 154 Å². The molecule has 1 amide bonds. The van der Waals surface area contributed by atoms with Gasteiger partial charge < -0.3 is 9.05 Å². The zero-order valence-corrected chi connectivity index (χ0v) is 14.6. The maximum Gasteiger partial charge on any atom is 0.239 e. The van der Waals surface area contributed by atoms with Crippen LogP contribution in [0.4, 0.5) is 10.3 Å². The van der Waals surface area contributed by atoms with E-state index in [9.17, 15) is 9.18 Å². The molecule has 2 aliphatic carbocycles. The Morgan fingerprint density at radius 3 is 2.74 bits per heavy atom. The third kappa shape index (κ3) is 2.65. The minimum atomic E-state index is -0.749. The number of fused-ring (bicyclic) bond motifs is 1. The minimum absolute atomic E-state index is 0.180. The van der Waals surface area contributed by atoms with Crippen molar-refractivity contribution in [3.63, 3.8) is 0 Å². The van der Waals surface area contributed by atoms with E-state index in [1.165, 1.54) is 6.07 Å². The molecule has 0 atom stereocenters. The van der Waals surface area contributed by atoms with Crippen LogP contribution in [0.15, 0.2) is 39.4 Å². The number of rotatable bonds is 4. The molecular weight excluding hydrogens is 349 g/mol. The fraction of sp³-hybridized carbons (Fsp3) is 0.350. The summed E-state index contributed by atoms with van der Waals surface area (Å²) < 4.78 is 24.7. The average molecular weight is 367 g/mol. The second kappa shape index (κ2) is 6.04. The maximum atomic E-state index is 14.0. The summed E-state index contributed by atoms with van der Waals surface area (Å²) in [6, 6.07) is 7.99. The van der Waals surface area contributed by atoms with Crippen molar-refractivity contribution in [3.05, 3.63) is 53.1 Å². The maximum absolute atomic E-state index is 14.0. The number of amides is 1. The molecule has 0 unspecified atom stereocenters. The number of hydrogen-bond acceptors (Lipinski definition) is 5. The van der Waals surface area contributed by atoms with Gasteiger partial charge in [-0.1, -0.05) is 22.4 Å². The lowest BCUT2D eigenvalue weighted by atomic mass is 9.97. The molecule has 0 bridgehead atoms. The van der Waals surface area contributed by atoms with Crippen LogP contribution in [0.3, 0.4) is 0 Å². The van der Waals surface area contributed by atoms with Gasteiger partial charge in [0.25, 0.3) is 0 Å². The number of nitrogens with one attached hydrogen (secondary N) is 1. The third-order valence-electron chi connectivity index (χ3n) is 5.51. The Bertz CT molecular complexity index is 1020. The lowest BCUT2D eigenvalue weighted by molar-refractivity contribution is -0.118. The lowest BCUT2D eigenvalue weighted by Gasteiger charge is -2.13. The van der Waals surface area contributed by atoms with E-state index in [-0.39, 0.29) is 11.7 Å². The van der Waals surface area contributed by atoms with Crippen LogP contribution in [-0.2, 0) is 23.1 Å². The lowest BCUT2D eigenvalue weighted by Crippen LogP contribution is -2.28. The van der Waals surface area contributed by atoms with Crippen LogP contribution < -0.4 is 5.32 Å². The summed E-state index contributed by atoms with van der Waals surface area (Å²) in [4.78, 5) is 12.9. The highest BCUT2D eigenvalue weighted by atomic mass is 19.1. The highest BCUT2D eigenvalue weighted by Crippen LogP contribution is 2.49. The molecule has 1 N–H and O–H groups in total. The first-order chi connectivity index (χ1) is 13.2. The number of halogens is 1.